The molecule has 0 amide bonds. The summed E-state index contributed by atoms with van der Waals surface area (Å²) >= 11 is 0. The fourth-order valence-electron chi connectivity index (χ4n) is 3.38. The van der Waals surface area contributed by atoms with E-state index in [0.29, 0.717) is 5.04 Å². The average Bonchev–Trinajstić information content (AvgIpc) is 1.44. The van der Waals surface area contributed by atoms with Crippen molar-refractivity contribution in [1.82, 2.24) is 0 Å². The van der Waals surface area contributed by atoms with Gasteiger partial charge in [0.2, 0.25) is 0 Å². The van der Waals surface area contributed by atoms with E-state index in [-0.39, 0.29) is 7.83 Å². The normalized spacial score (nSPS) is 15.2. The SMILES string of the molecule is CC(C)(C)[Si-]([Si](C)(C)C)[Si](C)(C)C. The van der Waals surface area contributed by atoms with Gasteiger partial charge in [0.1, 0.15) is 0 Å². The van der Waals surface area contributed by atoms with E-state index in [0.717, 1.165) is 0 Å². The first-order valence-electron chi connectivity index (χ1n) is 5.25. The third-order valence-electron chi connectivity index (χ3n) is 2.25. The molecule has 0 nitrogen and oxygen atoms in total. The van der Waals surface area contributed by atoms with Crippen LogP contribution in [0.1, 0.15) is 20.8 Å². The molecule has 0 saturated heterocycles. The Labute approximate surface area is 88.3 Å². The standard InChI is InChI=1S/C10H27Si3/c1-10(2,3)11(12(4,5)6)13(7,8)9/h1-9H3/q-1. The molecule has 0 atom stereocenters. The Morgan fingerprint density at radius 2 is 0.923 bits per heavy atom. The number of hydrogen-bond donors (Lipinski definition) is 0. The molecule has 0 fully saturated rings. The summed E-state index contributed by atoms with van der Waals surface area (Å²) < 4.78 is 0. The Bertz CT molecular complexity index is 133. The molecule has 0 spiro atoms. The molecule has 0 aromatic rings. The monoisotopic (exact) mass is 231 g/mol. The molecule has 3 heteroatoms. The Morgan fingerprint density at radius 1 is 0.692 bits per heavy atom. The van der Waals surface area contributed by atoms with Crippen LogP contribution in [0.4, 0.5) is 0 Å². The highest BCUT2D eigenvalue weighted by atomic mass is 29.6. The van der Waals surface area contributed by atoms with E-state index in [4.69, 9.17) is 0 Å². The van der Waals surface area contributed by atoms with Crippen LogP contribution in [0.2, 0.25) is 44.3 Å². The van der Waals surface area contributed by atoms with Gasteiger partial charge in [-0.05, 0) is 0 Å². The first-order valence-corrected chi connectivity index (χ1v) is 15.8. The van der Waals surface area contributed by atoms with Gasteiger partial charge in [-0.1, -0.05) is 60.1 Å². The fourth-order valence-corrected chi connectivity index (χ4v) is 50.6. The Kier molecular flexibility index (Phi) is 3.85. The van der Waals surface area contributed by atoms with Crippen LogP contribution in [0.15, 0.2) is 0 Å². The summed E-state index contributed by atoms with van der Waals surface area (Å²) in [6.45, 7) is 22.9. The highest BCUT2D eigenvalue weighted by Crippen LogP contribution is 2.37. The van der Waals surface area contributed by atoms with Crippen LogP contribution in [0.25, 0.3) is 0 Å². The second kappa shape index (κ2) is 3.66. The summed E-state index contributed by atoms with van der Waals surface area (Å²) in [4.78, 5) is 0. The van der Waals surface area contributed by atoms with Crippen LogP contribution in [-0.2, 0) is 0 Å². The maximum Gasteiger partial charge on any atom is -0.0910 e. The van der Waals surface area contributed by atoms with E-state index >= 15 is 0 Å². The Morgan fingerprint density at radius 3 is 0.923 bits per heavy atom. The summed E-state index contributed by atoms with van der Waals surface area (Å²) in [7, 11) is -1.90. The van der Waals surface area contributed by atoms with Gasteiger partial charge in [-0.25, -0.2) is 7.83 Å². The summed E-state index contributed by atoms with van der Waals surface area (Å²) in [6.07, 6.45) is 0. The molecule has 0 aliphatic rings. The lowest BCUT2D eigenvalue weighted by Gasteiger charge is -2.60. The molecular weight excluding hydrogens is 204 g/mol. The lowest BCUT2D eigenvalue weighted by Crippen LogP contribution is -2.63. The first-order chi connectivity index (χ1) is 5.37. The van der Waals surface area contributed by atoms with E-state index in [9.17, 15) is 0 Å². The Balaban J connectivity index is 5.02. The molecule has 0 aliphatic carbocycles. The van der Waals surface area contributed by atoms with Crippen LogP contribution >= 0.6 is 0 Å². The minimum atomic E-state index is -0.894. The van der Waals surface area contributed by atoms with Gasteiger partial charge in [-0.2, -0.15) is 5.04 Å². The molecule has 0 rings (SSSR count). The van der Waals surface area contributed by atoms with Gasteiger partial charge in [0.05, 0.1) is 0 Å². The van der Waals surface area contributed by atoms with Gasteiger partial charge >= 0.3 is 0 Å². The van der Waals surface area contributed by atoms with E-state index in [1.54, 1.807) is 0 Å². The van der Waals surface area contributed by atoms with Crippen molar-refractivity contribution >= 4 is 23.0 Å². The zero-order valence-corrected chi connectivity index (χ0v) is 14.0. The summed E-state index contributed by atoms with van der Waals surface area (Å²) in [5, 5.41) is 0.611. The molecule has 0 aromatic heterocycles. The van der Waals surface area contributed by atoms with Crippen molar-refractivity contribution < 1.29 is 0 Å². The molecule has 80 valence electrons. The predicted molar refractivity (Wildman–Crippen MR) is 72.2 cm³/mol. The van der Waals surface area contributed by atoms with Crippen LogP contribution in [0.3, 0.4) is 0 Å². The van der Waals surface area contributed by atoms with Crippen LogP contribution in [-0.4, -0.2) is 23.0 Å². The van der Waals surface area contributed by atoms with E-state index in [1.807, 2.05) is 0 Å². The minimum Gasteiger partial charge on any atom is -0.248 e. The fraction of sp³-hybridized carbons (Fsp3) is 1.00. The summed E-state index contributed by atoms with van der Waals surface area (Å²) in [5.41, 5.74) is 0. The van der Waals surface area contributed by atoms with Crippen LogP contribution < -0.4 is 0 Å². The lowest BCUT2D eigenvalue weighted by atomic mass is 10.3. The zero-order chi connectivity index (χ0) is 11.1. The third-order valence-corrected chi connectivity index (χ3v) is 33.8. The molecule has 0 saturated carbocycles. The van der Waals surface area contributed by atoms with E-state index < -0.39 is 15.2 Å². The van der Waals surface area contributed by atoms with Gasteiger partial charge in [0, 0.05) is 0 Å². The largest absolute Gasteiger partial charge is 0.248 e. The highest BCUT2D eigenvalue weighted by molar-refractivity contribution is 7.61. The Hall–Kier alpha value is 0.651. The van der Waals surface area contributed by atoms with Crippen molar-refractivity contribution in [2.75, 3.05) is 0 Å². The van der Waals surface area contributed by atoms with Crippen molar-refractivity contribution in [1.29, 1.82) is 0 Å². The van der Waals surface area contributed by atoms with E-state index in [2.05, 4.69) is 60.1 Å². The average molecular weight is 232 g/mol. The number of rotatable bonds is 2. The summed E-state index contributed by atoms with van der Waals surface area (Å²) in [5.74, 6) is 0. The second-order valence-corrected chi connectivity index (χ2v) is 31.9. The first kappa shape index (κ1) is 13.7. The summed E-state index contributed by atoms with van der Waals surface area (Å²) in [6, 6.07) is 0. The van der Waals surface area contributed by atoms with Gasteiger partial charge in [-0.3, -0.25) is 0 Å². The van der Waals surface area contributed by atoms with Crippen molar-refractivity contribution in [3.63, 3.8) is 0 Å². The molecular formula is C10H27Si3-. The molecule has 0 aromatic carbocycles. The third kappa shape index (κ3) is 4.13. The van der Waals surface area contributed by atoms with Gasteiger partial charge in [-0.15, -0.1) is 15.2 Å². The topological polar surface area (TPSA) is 0 Å². The zero-order valence-electron chi connectivity index (χ0n) is 11.0. The molecule has 0 N–H and O–H groups in total. The van der Waals surface area contributed by atoms with Crippen molar-refractivity contribution in [2.24, 2.45) is 0 Å². The lowest BCUT2D eigenvalue weighted by molar-refractivity contribution is 0.754. The number of hydrogen-bond acceptors (Lipinski definition) is 0. The smallest absolute Gasteiger partial charge is 0.0910 e. The maximum atomic E-state index is 2.57. The highest BCUT2D eigenvalue weighted by Gasteiger charge is 2.31. The van der Waals surface area contributed by atoms with Crippen molar-refractivity contribution in [3.8, 4) is 0 Å². The second-order valence-electron chi connectivity index (χ2n) is 7.12. The predicted octanol–water partition coefficient (Wildman–Crippen LogP) is 4.11. The minimum absolute atomic E-state index is 0.113. The quantitative estimate of drug-likeness (QED) is 0.627. The van der Waals surface area contributed by atoms with Crippen molar-refractivity contribution in [2.45, 2.75) is 65.1 Å². The van der Waals surface area contributed by atoms with Crippen LogP contribution in [0.5, 0.6) is 0 Å². The molecule has 0 heterocycles. The maximum absolute atomic E-state index is 2.57. The molecule has 0 unspecified atom stereocenters. The molecule has 13 heavy (non-hydrogen) atoms. The van der Waals surface area contributed by atoms with Gasteiger partial charge in [0.15, 0.2) is 0 Å². The molecule has 0 radical (unpaired) electrons. The van der Waals surface area contributed by atoms with E-state index in [1.165, 1.54) is 0 Å². The molecule has 0 aliphatic heterocycles. The van der Waals surface area contributed by atoms with Gasteiger partial charge in [0.25, 0.3) is 0 Å². The van der Waals surface area contributed by atoms with Crippen LogP contribution in [0, 0.1) is 0 Å². The molecule has 0 bridgehead atoms. The van der Waals surface area contributed by atoms with Gasteiger partial charge < -0.3 is 0 Å². The van der Waals surface area contributed by atoms with Crippen molar-refractivity contribution in [3.05, 3.63) is 0 Å².